The van der Waals surface area contributed by atoms with Crippen LogP contribution in [-0.4, -0.2) is 37.6 Å². The summed E-state index contributed by atoms with van der Waals surface area (Å²) < 4.78 is 0. The number of hydrogen-bond acceptors (Lipinski definition) is 3. The zero-order valence-electron chi connectivity index (χ0n) is 8.21. The standard InChI is InChI=1S/C9H17N3O.ClH/c13-9(8-2-1-4-11-8)12-7-3-5-10-6-7;/h7-8,10-11H,1-6H2,(H,12,13);1H/t7?,8-;/m1./s1. The first kappa shape index (κ1) is 11.8. The molecule has 0 bridgehead atoms. The van der Waals surface area contributed by atoms with Crippen molar-refractivity contribution in [3.63, 3.8) is 0 Å². The van der Waals surface area contributed by atoms with Crippen molar-refractivity contribution >= 4 is 18.3 Å². The van der Waals surface area contributed by atoms with Crippen molar-refractivity contribution in [2.75, 3.05) is 19.6 Å². The van der Waals surface area contributed by atoms with Gasteiger partial charge in [-0.2, -0.15) is 0 Å². The highest BCUT2D eigenvalue weighted by atomic mass is 35.5. The minimum absolute atomic E-state index is 0. The molecule has 82 valence electrons. The fourth-order valence-electron chi connectivity index (χ4n) is 1.99. The Kier molecular flexibility index (Phi) is 4.65. The Labute approximate surface area is 90.6 Å². The van der Waals surface area contributed by atoms with Gasteiger partial charge in [-0.15, -0.1) is 12.4 Å². The monoisotopic (exact) mass is 219 g/mol. The van der Waals surface area contributed by atoms with Crippen LogP contribution in [0.5, 0.6) is 0 Å². The maximum Gasteiger partial charge on any atom is 0.237 e. The fraction of sp³-hybridized carbons (Fsp3) is 0.889. The van der Waals surface area contributed by atoms with Gasteiger partial charge in [0.15, 0.2) is 0 Å². The SMILES string of the molecule is Cl.O=C(NC1CCNC1)[C@H]1CCCN1. The van der Waals surface area contributed by atoms with Crippen molar-refractivity contribution < 1.29 is 4.79 Å². The molecule has 2 rings (SSSR count). The van der Waals surface area contributed by atoms with Crippen molar-refractivity contribution in [1.82, 2.24) is 16.0 Å². The van der Waals surface area contributed by atoms with Gasteiger partial charge in [0, 0.05) is 12.6 Å². The molecule has 0 saturated carbocycles. The molecule has 0 aromatic carbocycles. The molecule has 0 aromatic rings. The summed E-state index contributed by atoms with van der Waals surface area (Å²) in [5.41, 5.74) is 0. The van der Waals surface area contributed by atoms with E-state index in [0.29, 0.717) is 6.04 Å². The first-order valence-electron chi connectivity index (χ1n) is 5.11. The van der Waals surface area contributed by atoms with Crippen LogP contribution in [0.4, 0.5) is 0 Å². The molecule has 2 aliphatic heterocycles. The van der Waals surface area contributed by atoms with Gasteiger partial charge in [0.05, 0.1) is 6.04 Å². The van der Waals surface area contributed by atoms with Gasteiger partial charge < -0.3 is 16.0 Å². The van der Waals surface area contributed by atoms with E-state index in [-0.39, 0.29) is 24.4 Å². The van der Waals surface area contributed by atoms with Crippen LogP contribution in [-0.2, 0) is 4.79 Å². The highest BCUT2D eigenvalue weighted by Crippen LogP contribution is 2.06. The van der Waals surface area contributed by atoms with Crippen LogP contribution >= 0.6 is 12.4 Å². The number of nitrogens with one attached hydrogen (secondary N) is 3. The van der Waals surface area contributed by atoms with E-state index in [1.165, 1.54) is 0 Å². The molecule has 0 radical (unpaired) electrons. The molecule has 2 heterocycles. The smallest absolute Gasteiger partial charge is 0.237 e. The lowest BCUT2D eigenvalue weighted by molar-refractivity contribution is -0.123. The van der Waals surface area contributed by atoms with Crippen molar-refractivity contribution in [3.8, 4) is 0 Å². The second-order valence-electron chi connectivity index (χ2n) is 3.85. The van der Waals surface area contributed by atoms with E-state index >= 15 is 0 Å². The van der Waals surface area contributed by atoms with Crippen LogP contribution in [0.1, 0.15) is 19.3 Å². The van der Waals surface area contributed by atoms with Gasteiger partial charge in [-0.3, -0.25) is 4.79 Å². The molecular weight excluding hydrogens is 202 g/mol. The van der Waals surface area contributed by atoms with E-state index in [4.69, 9.17) is 0 Å². The molecule has 1 amide bonds. The van der Waals surface area contributed by atoms with E-state index < -0.39 is 0 Å². The lowest BCUT2D eigenvalue weighted by Gasteiger charge is -2.15. The van der Waals surface area contributed by atoms with Crippen LogP contribution in [0.15, 0.2) is 0 Å². The van der Waals surface area contributed by atoms with Crippen molar-refractivity contribution in [2.45, 2.75) is 31.3 Å². The molecule has 3 N–H and O–H groups in total. The number of halogens is 1. The third-order valence-electron chi connectivity index (χ3n) is 2.78. The number of carbonyl (C=O) groups excluding carboxylic acids is 1. The zero-order chi connectivity index (χ0) is 9.10. The summed E-state index contributed by atoms with van der Waals surface area (Å²) in [5, 5.41) is 9.49. The third kappa shape index (κ3) is 2.83. The van der Waals surface area contributed by atoms with Gasteiger partial charge >= 0.3 is 0 Å². The highest BCUT2D eigenvalue weighted by molar-refractivity contribution is 5.85. The highest BCUT2D eigenvalue weighted by Gasteiger charge is 2.25. The molecular formula is C9H18ClN3O. The summed E-state index contributed by atoms with van der Waals surface area (Å²) in [4.78, 5) is 11.6. The largest absolute Gasteiger partial charge is 0.351 e. The molecule has 1 unspecified atom stereocenters. The Morgan fingerprint density at radius 3 is 2.71 bits per heavy atom. The van der Waals surface area contributed by atoms with Crippen LogP contribution in [0.2, 0.25) is 0 Å². The van der Waals surface area contributed by atoms with Crippen LogP contribution < -0.4 is 16.0 Å². The minimum atomic E-state index is 0. The summed E-state index contributed by atoms with van der Waals surface area (Å²) in [7, 11) is 0. The Hall–Kier alpha value is -0.320. The predicted octanol–water partition coefficient (Wildman–Crippen LogP) is -0.362. The Morgan fingerprint density at radius 2 is 2.14 bits per heavy atom. The van der Waals surface area contributed by atoms with Crippen molar-refractivity contribution in [3.05, 3.63) is 0 Å². The molecule has 14 heavy (non-hydrogen) atoms. The van der Waals surface area contributed by atoms with Crippen LogP contribution in [0.25, 0.3) is 0 Å². The van der Waals surface area contributed by atoms with Crippen molar-refractivity contribution in [2.24, 2.45) is 0 Å². The normalized spacial score (nSPS) is 31.1. The van der Waals surface area contributed by atoms with Gasteiger partial charge in [0.2, 0.25) is 5.91 Å². The van der Waals surface area contributed by atoms with E-state index in [9.17, 15) is 4.79 Å². The number of amides is 1. The van der Waals surface area contributed by atoms with Gasteiger partial charge in [0.25, 0.3) is 0 Å². The van der Waals surface area contributed by atoms with Gasteiger partial charge in [0.1, 0.15) is 0 Å². The van der Waals surface area contributed by atoms with Gasteiger partial charge in [-0.1, -0.05) is 0 Å². The summed E-state index contributed by atoms with van der Waals surface area (Å²) in [5.74, 6) is 0.186. The van der Waals surface area contributed by atoms with Gasteiger partial charge in [-0.25, -0.2) is 0 Å². The predicted molar refractivity (Wildman–Crippen MR) is 57.7 cm³/mol. The average molecular weight is 220 g/mol. The first-order valence-corrected chi connectivity index (χ1v) is 5.11. The van der Waals surface area contributed by atoms with E-state index in [1.807, 2.05) is 0 Å². The first-order chi connectivity index (χ1) is 6.36. The lowest BCUT2D eigenvalue weighted by Crippen LogP contribution is -2.45. The maximum atomic E-state index is 11.6. The zero-order valence-corrected chi connectivity index (χ0v) is 9.03. The minimum Gasteiger partial charge on any atom is -0.351 e. The molecule has 2 aliphatic rings. The Bertz CT molecular complexity index is 188. The molecule has 0 aliphatic carbocycles. The molecule has 5 heteroatoms. The molecule has 2 fully saturated rings. The van der Waals surface area contributed by atoms with Crippen LogP contribution in [0.3, 0.4) is 0 Å². The summed E-state index contributed by atoms with van der Waals surface area (Å²) in [6.45, 7) is 2.95. The van der Waals surface area contributed by atoms with Crippen LogP contribution in [0, 0.1) is 0 Å². The topological polar surface area (TPSA) is 53.2 Å². The molecule has 0 spiro atoms. The summed E-state index contributed by atoms with van der Waals surface area (Å²) in [6.07, 6.45) is 3.19. The number of carbonyl (C=O) groups is 1. The van der Waals surface area contributed by atoms with Crippen molar-refractivity contribution in [1.29, 1.82) is 0 Å². The second-order valence-corrected chi connectivity index (χ2v) is 3.85. The Balaban J connectivity index is 0.000000980. The molecule has 2 atom stereocenters. The molecule has 2 saturated heterocycles. The van der Waals surface area contributed by atoms with E-state index in [0.717, 1.165) is 38.9 Å². The fourth-order valence-corrected chi connectivity index (χ4v) is 1.99. The number of rotatable bonds is 2. The summed E-state index contributed by atoms with van der Waals surface area (Å²) in [6, 6.07) is 0.426. The van der Waals surface area contributed by atoms with E-state index in [1.54, 1.807) is 0 Å². The quantitative estimate of drug-likeness (QED) is 0.595. The lowest BCUT2D eigenvalue weighted by atomic mass is 10.2. The second kappa shape index (κ2) is 5.53. The maximum absolute atomic E-state index is 11.6. The number of hydrogen-bond donors (Lipinski definition) is 3. The van der Waals surface area contributed by atoms with Gasteiger partial charge in [-0.05, 0) is 32.4 Å². The average Bonchev–Trinajstić information content (AvgIpc) is 2.74. The van der Waals surface area contributed by atoms with E-state index in [2.05, 4.69) is 16.0 Å². The third-order valence-corrected chi connectivity index (χ3v) is 2.78. The molecule has 0 aromatic heterocycles. The Morgan fingerprint density at radius 1 is 1.29 bits per heavy atom. The summed E-state index contributed by atoms with van der Waals surface area (Å²) >= 11 is 0. The molecule has 4 nitrogen and oxygen atoms in total.